The molecule has 28 heavy (non-hydrogen) atoms. The van der Waals surface area contributed by atoms with Crippen LogP contribution in [0.3, 0.4) is 0 Å². The van der Waals surface area contributed by atoms with Crippen LogP contribution in [0.2, 0.25) is 0 Å². The fraction of sp³-hybridized carbons (Fsp3) is 0.0952. The Labute approximate surface area is 169 Å². The predicted octanol–water partition coefficient (Wildman–Crippen LogP) is 3.50. The van der Waals surface area contributed by atoms with Gasteiger partial charge in [0.25, 0.3) is 5.91 Å². The second-order valence-corrected chi connectivity index (χ2v) is 8.17. The van der Waals surface area contributed by atoms with Gasteiger partial charge in [-0.1, -0.05) is 23.8 Å². The summed E-state index contributed by atoms with van der Waals surface area (Å²) in [6.07, 6.45) is 3.37. The summed E-state index contributed by atoms with van der Waals surface area (Å²) in [6.45, 7) is 2.29. The van der Waals surface area contributed by atoms with E-state index < -0.39 is 0 Å². The van der Waals surface area contributed by atoms with Gasteiger partial charge in [0.1, 0.15) is 5.82 Å². The number of carbonyl (C=O) groups is 1. The first-order valence-corrected chi connectivity index (χ1v) is 9.73. The van der Waals surface area contributed by atoms with Gasteiger partial charge >= 0.3 is 0 Å². The molecule has 0 saturated heterocycles. The van der Waals surface area contributed by atoms with Gasteiger partial charge in [0.2, 0.25) is 5.88 Å². The monoisotopic (exact) mass is 410 g/mol. The normalized spacial score (nSPS) is 14.5. The van der Waals surface area contributed by atoms with Crippen LogP contribution < -0.4 is 10.6 Å². The number of rotatable bonds is 3. The number of benzene rings is 2. The minimum absolute atomic E-state index is 0.0249. The second-order valence-electron chi connectivity index (χ2n) is 6.49. The lowest BCUT2D eigenvalue weighted by molar-refractivity contribution is -0.114. The molecule has 0 saturated carbocycles. The van der Waals surface area contributed by atoms with Crippen molar-refractivity contribution in [3.05, 3.63) is 84.4 Å². The molecule has 2 aromatic carbocycles. The Balaban J connectivity index is 1.73. The number of fused-ring (bicyclic) bond motifs is 1. The van der Waals surface area contributed by atoms with Crippen LogP contribution >= 0.6 is 23.6 Å². The van der Waals surface area contributed by atoms with E-state index in [2.05, 4.69) is 4.99 Å². The third-order valence-electron chi connectivity index (χ3n) is 4.40. The molecule has 4 rings (SSSR count). The molecule has 0 unspecified atom stereocenters. The highest BCUT2D eigenvalue weighted by atomic mass is 32.1. The van der Waals surface area contributed by atoms with E-state index >= 15 is 0 Å². The van der Waals surface area contributed by atoms with Crippen molar-refractivity contribution in [1.29, 1.82) is 0 Å². The summed E-state index contributed by atoms with van der Waals surface area (Å²) in [6, 6.07) is 11.7. The average molecular weight is 410 g/mol. The average Bonchev–Trinajstić information content (AvgIpc) is 2.92. The highest BCUT2D eigenvalue weighted by Crippen LogP contribution is 2.30. The maximum Gasteiger partial charge on any atom is 0.277 e. The van der Waals surface area contributed by atoms with E-state index in [1.165, 1.54) is 23.5 Å². The minimum Gasteiger partial charge on any atom is -0.493 e. The van der Waals surface area contributed by atoms with Crippen molar-refractivity contribution in [3.63, 3.8) is 0 Å². The van der Waals surface area contributed by atoms with Crippen LogP contribution in [-0.2, 0) is 11.3 Å². The number of aromatic hydroxyl groups is 1. The fourth-order valence-electron chi connectivity index (χ4n) is 2.96. The van der Waals surface area contributed by atoms with Crippen LogP contribution in [0, 0.1) is 16.7 Å². The lowest BCUT2D eigenvalue weighted by atomic mass is 10.1. The Kier molecular flexibility index (Phi) is 4.78. The molecule has 1 aliphatic heterocycles. The van der Waals surface area contributed by atoms with Gasteiger partial charge < -0.3 is 5.11 Å². The van der Waals surface area contributed by atoms with Gasteiger partial charge in [-0.25, -0.2) is 9.38 Å². The van der Waals surface area contributed by atoms with Gasteiger partial charge in [-0.15, -0.1) is 11.3 Å². The highest BCUT2D eigenvalue weighted by Gasteiger charge is 2.15. The van der Waals surface area contributed by atoms with E-state index in [0.717, 1.165) is 16.3 Å². The number of aryl methyl sites for hydroxylation is 1. The smallest absolute Gasteiger partial charge is 0.277 e. The molecule has 2 heterocycles. The molecular weight excluding hydrogens is 395 g/mol. The number of amides is 1. The quantitative estimate of drug-likeness (QED) is 0.531. The predicted molar refractivity (Wildman–Crippen MR) is 110 cm³/mol. The molecule has 1 aliphatic rings. The molecule has 0 spiro atoms. The number of nitrogens with zero attached hydrogens (tertiary/aromatic N) is 2. The molecule has 1 N–H and O–H groups in total. The van der Waals surface area contributed by atoms with Gasteiger partial charge in [-0.05, 0) is 61.1 Å². The molecule has 3 aromatic rings. The van der Waals surface area contributed by atoms with Gasteiger partial charge in [0, 0.05) is 10.8 Å². The summed E-state index contributed by atoms with van der Waals surface area (Å²) in [5, 5.41) is 12.1. The van der Waals surface area contributed by atoms with E-state index in [-0.39, 0.29) is 17.6 Å². The first kappa shape index (κ1) is 18.5. The zero-order valence-electron chi connectivity index (χ0n) is 14.8. The third-order valence-corrected chi connectivity index (χ3v) is 5.78. The Hall–Kier alpha value is -2.90. The van der Waals surface area contributed by atoms with Crippen LogP contribution in [0.15, 0.2) is 53.0 Å². The number of thiazole rings is 1. The van der Waals surface area contributed by atoms with Gasteiger partial charge in [0.15, 0.2) is 3.95 Å². The highest BCUT2D eigenvalue weighted by molar-refractivity contribution is 7.73. The van der Waals surface area contributed by atoms with Crippen molar-refractivity contribution in [2.75, 3.05) is 0 Å². The summed E-state index contributed by atoms with van der Waals surface area (Å²) < 4.78 is 15.1. The van der Waals surface area contributed by atoms with E-state index in [1.807, 2.05) is 25.1 Å². The van der Waals surface area contributed by atoms with Crippen LogP contribution in [-0.4, -0.2) is 15.6 Å². The van der Waals surface area contributed by atoms with Crippen LogP contribution in [0.1, 0.15) is 16.0 Å². The second kappa shape index (κ2) is 7.26. The Bertz CT molecular complexity index is 1300. The topological polar surface area (TPSA) is 54.6 Å². The number of hydrogen-bond acceptors (Lipinski definition) is 4. The SMILES string of the molecule is Cc1ccc2c(c1)=C/C(=C/c1sc(=S)n(Cc3ccc(F)cc3)c1O)C(=O)N=2. The molecule has 140 valence electrons. The molecule has 7 heteroatoms. The third kappa shape index (κ3) is 3.58. The van der Waals surface area contributed by atoms with Gasteiger partial charge in [-0.3, -0.25) is 9.36 Å². The summed E-state index contributed by atoms with van der Waals surface area (Å²) in [5.41, 5.74) is 2.27. The van der Waals surface area contributed by atoms with E-state index in [9.17, 15) is 14.3 Å². The number of hydrogen-bond donors (Lipinski definition) is 1. The zero-order chi connectivity index (χ0) is 19.8. The molecule has 0 atom stereocenters. The minimum atomic E-state index is -0.361. The molecule has 1 aromatic heterocycles. The maximum absolute atomic E-state index is 13.1. The van der Waals surface area contributed by atoms with Crippen molar-refractivity contribution < 1.29 is 14.3 Å². The number of carbonyl (C=O) groups excluding carboxylic acids is 1. The largest absolute Gasteiger partial charge is 0.493 e. The molecule has 0 bridgehead atoms. The molecule has 0 aliphatic carbocycles. The first-order chi connectivity index (χ1) is 13.4. The van der Waals surface area contributed by atoms with Crippen LogP contribution in [0.4, 0.5) is 4.39 Å². The van der Waals surface area contributed by atoms with Crippen molar-refractivity contribution >= 4 is 41.6 Å². The molecule has 4 nitrogen and oxygen atoms in total. The standard InChI is InChI=1S/C21H15FN2O2S2/c1-12-2-7-17-14(8-12)9-15(19(25)23-17)10-18-20(26)24(21(27)28-18)11-13-3-5-16(22)6-4-13/h2-10,26H,11H2,1H3/b15-10-. The Morgan fingerprint density at radius 2 is 2.00 bits per heavy atom. The van der Waals surface area contributed by atoms with Crippen molar-refractivity contribution in [2.24, 2.45) is 4.99 Å². The Morgan fingerprint density at radius 1 is 1.25 bits per heavy atom. The van der Waals surface area contributed by atoms with Crippen molar-refractivity contribution in [2.45, 2.75) is 13.5 Å². The van der Waals surface area contributed by atoms with Gasteiger partial charge in [-0.2, -0.15) is 0 Å². The summed E-state index contributed by atoms with van der Waals surface area (Å²) in [4.78, 5) is 17.0. The summed E-state index contributed by atoms with van der Waals surface area (Å²) in [7, 11) is 0. The van der Waals surface area contributed by atoms with Crippen LogP contribution in [0.5, 0.6) is 5.88 Å². The van der Waals surface area contributed by atoms with E-state index in [4.69, 9.17) is 12.2 Å². The lowest BCUT2D eigenvalue weighted by Gasteiger charge is -2.06. The van der Waals surface area contributed by atoms with E-state index in [1.54, 1.807) is 28.9 Å². The Morgan fingerprint density at radius 3 is 2.75 bits per heavy atom. The van der Waals surface area contributed by atoms with Crippen molar-refractivity contribution in [1.82, 2.24) is 4.57 Å². The molecule has 1 amide bonds. The lowest BCUT2D eigenvalue weighted by Crippen LogP contribution is -2.30. The summed E-state index contributed by atoms with van der Waals surface area (Å²) >= 11 is 6.57. The summed E-state index contributed by atoms with van der Waals surface area (Å²) in [5.74, 6) is -0.707. The van der Waals surface area contributed by atoms with Crippen molar-refractivity contribution in [3.8, 4) is 5.88 Å². The number of aromatic nitrogens is 1. The van der Waals surface area contributed by atoms with Gasteiger partial charge in [0.05, 0.1) is 16.8 Å². The molecule has 0 radical (unpaired) electrons. The fourth-order valence-corrected chi connectivity index (χ4v) is 4.22. The molecule has 0 fully saturated rings. The van der Waals surface area contributed by atoms with E-state index in [0.29, 0.717) is 26.3 Å². The zero-order valence-corrected chi connectivity index (χ0v) is 16.5. The van der Waals surface area contributed by atoms with Crippen LogP contribution in [0.25, 0.3) is 12.2 Å². The maximum atomic E-state index is 13.1. The first-order valence-electron chi connectivity index (χ1n) is 8.51. The number of halogens is 1. The molecular formula is C21H15FN2O2S2.